The Labute approximate surface area is 162 Å². The molecule has 3 aromatic rings. The van der Waals surface area contributed by atoms with E-state index in [4.69, 9.17) is 4.42 Å². The maximum absolute atomic E-state index is 12.5. The Hall–Kier alpha value is -4.35. The molecule has 12 heteroatoms. The lowest BCUT2D eigenvalue weighted by Gasteiger charge is -2.11. The quantitative estimate of drug-likeness (QED) is 0.267. The second-order valence-corrected chi connectivity index (χ2v) is 5.99. The first-order chi connectivity index (χ1) is 14.0. The average molecular weight is 395 g/mol. The zero-order valence-corrected chi connectivity index (χ0v) is 14.8. The first-order valence-electron chi connectivity index (χ1n) is 8.38. The molecule has 12 nitrogen and oxygen atoms in total. The minimum atomic E-state index is -0.688. The van der Waals surface area contributed by atoms with Crippen molar-refractivity contribution in [3.8, 4) is 5.69 Å². The van der Waals surface area contributed by atoms with Crippen LogP contribution in [0.5, 0.6) is 0 Å². The molecule has 146 valence electrons. The molecule has 1 aliphatic heterocycles. The molecule has 2 aromatic heterocycles. The Morgan fingerprint density at radius 2 is 2.00 bits per heavy atom. The van der Waals surface area contributed by atoms with Gasteiger partial charge in [-0.2, -0.15) is 5.10 Å². The number of urea groups is 1. The number of aromatic nitrogens is 3. The summed E-state index contributed by atoms with van der Waals surface area (Å²) >= 11 is 0. The number of benzene rings is 1. The summed E-state index contributed by atoms with van der Waals surface area (Å²) in [6.07, 6.45) is 2.76. The van der Waals surface area contributed by atoms with Crippen LogP contribution >= 0.6 is 0 Å². The summed E-state index contributed by atoms with van der Waals surface area (Å²) in [5.41, 5.74) is 1.23. The highest BCUT2D eigenvalue weighted by atomic mass is 16.6. The van der Waals surface area contributed by atoms with Gasteiger partial charge in [0.2, 0.25) is 0 Å². The highest BCUT2D eigenvalue weighted by Gasteiger charge is 2.36. The molecule has 3 amide bonds. The number of carbonyl (C=O) groups excluding carboxylic acids is 2. The Kier molecular flexibility index (Phi) is 4.57. The first-order valence-corrected chi connectivity index (χ1v) is 8.38. The largest absolute Gasteiger partial charge is 0.433 e. The van der Waals surface area contributed by atoms with E-state index in [2.05, 4.69) is 15.4 Å². The van der Waals surface area contributed by atoms with Crippen molar-refractivity contribution in [3.63, 3.8) is 0 Å². The van der Waals surface area contributed by atoms with Gasteiger partial charge in [0.25, 0.3) is 5.91 Å². The van der Waals surface area contributed by atoms with Gasteiger partial charge < -0.3 is 4.42 Å². The number of furan rings is 1. The van der Waals surface area contributed by atoms with Gasteiger partial charge >= 0.3 is 11.9 Å². The van der Waals surface area contributed by atoms with Crippen molar-refractivity contribution in [1.82, 2.24) is 24.9 Å². The maximum Gasteiger partial charge on any atom is 0.433 e. The Bertz CT molecular complexity index is 1100. The predicted molar refractivity (Wildman–Crippen MR) is 97.0 cm³/mol. The molecule has 0 N–H and O–H groups in total. The molecule has 1 saturated heterocycles. The summed E-state index contributed by atoms with van der Waals surface area (Å²) in [6.45, 7) is -0.312. The van der Waals surface area contributed by atoms with Crippen LogP contribution in [0.2, 0.25) is 0 Å². The highest BCUT2D eigenvalue weighted by molar-refractivity contribution is 6.02. The smallest absolute Gasteiger partial charge is 0.400 e. The molecule has 1 aromatic carbocycles. The van der Waals surface area contributed by atoms with E-state index in [1.807, 2.05) is 30.3 Å². The van der Waals surface area contributed by atoms with Gasteiger partial charge in [-0.15, -0.1) is 5.10 Å². The van der Waals surface area contributed by atoms with Crippen LogP contribution in [-0.4, -0.2) is 54.5 Å². The minimum absolute atomic E-state index is 0.0528. The van der Waals surface area contributed by atoms with Crippen LogP contribution in [0, 0.1) is 10.1 Å². The molecule has 0 atom stereocenters. The monoisotopic (exact) mass is 395 g/mol. The zero-order chi connectivity index (χ0) is 20.4. The van der Waals surface area contributed by atoms with E-state index in [-0.39, 0.29) is 18.8 Å². The van der Waals surface area contributed by atoms with Gasteiger partial charge in [-0.25, -0.2) is 14.5 Å². The minimum Gasteiger partial charge on any atom is -0.400 e. The summed E-state index contributed by atoms with van der Waals surface area (Å²) in [5, 5.41) is 23.4. The van der Waals surface area contributed by atoms with E-state index in [0.717, 1.165) is 21.8 Å². The maximum atomic E-state index is 12.5. The lowest BCUT2D eigenvalue weighted by atomic mass is 10.3. The number of hydrogen-bond acceptors (Lipinski definition) is 8. The molecular weight excluding hydrogens is 382 g/mol. The Morgan fingerprint density at radius 3 is 2.72 bits per heavy atom. The van der Waals surface area contributed by atoms with Crippen LogP contribution in [0.1, 0.15) is 11.5 Å². The fourth-order valence-corrected chi connectivity index (χ4v) is 2.65. The third-order valence-electron chi connectivity index (χ3n) is 4.04. The van der Waals surface area contributed by atoms with Crippen LogP contribution in [0.4, 0.5) is 10.7 Å². The topological polar surface area (TPSA) is 140 Å². The molecule has 0 spiro atoms. The van der Waals surface area contributed by atoms with Gasteiger partial charge in [0.05, 0.1) is 30.7 Å². The van der Waals surface area contributed by atoms with Gasteiger partial charge in [0.1, 0.15) is 17.2 Å². The van der Waals surface area contributed by atoms with Gasteiger partial charge in [-0.3, -0.25) is 19.8 Å². The summed E-state index contributed by atoms with van der Waals surface area (Å²) in [5.74, 6) is -0.813. The number of hydrogen-bond donors (Lipinski definition) is 0. The van der Waals surface area contributed by atoms with Crippen molar-refractivity contribution < 1.29 is 18.9 Å². The summed E-state index contributed by atoms with van der Waals surface area (Å²) in [4.78, 5) is 35.6. The average Bonchev–Trinajstić information content (AvgIpc) is 3.43. The van der Waals surface area contributed by atoms with Crippen molar-refractivity contribution in [3.05, 3.63) is 70.2 Å². The van der Waals surface area contributed by atoms with Gasteiger partial charge in [0.15, 0.2) is 5.76 Å². The Morgan fingerprint density at radius 1 is 1.21 bits per heavy atom. The molecule has 0 radical (unpaired) electrons. The fourth-order valence-electron chi connectivity index (χ4n) is 2.65. The van der Waals surface area contributed by atoms with Gasteiger partial charge in [0, 0.05) is 0 Å². The number of hydrazone groups is 1. The van der Waals surface area contributed by atoms with Crippen LogP contribution in [0.3, 0.4) is 0 Å². The third-order valence-corrected chi connectivity index (χ3v) is 4.04. The molecule has 29 heavy (non-hydrogen) atoms. The van der Waals surface area contributed by atoms with Crippen LogP contribution in [0.25, 0.3) is 5.69 Å². The number of carbonyl (C=O) groups is 2. The Balaban J connectivity index is 1.44. The highest BCUT2D eigenvalue weighted by Crippen LogP contribution is 2.17. The van der Waals surface area contributed by atoms with Crippen LogP contribution < -0.4 is 0 Å². The van der Waals surface area contributed by atoms with Gasteiger partial charge in [-0.1, -0.05) is 23.4 Å². The lowest BCUT2D eigenvalue weighted by Crippen LogP contribution is -2.31. The van der Waals surface area contributed by atoms with Crippen molar-refractivity contribution in [1.29, 1.82) is 0 Å². The molecule has 0 unspecified atom stereocenters. The number of nitro groups is 1. The standard InChI is InChI=1S/C17H13N7O5/c25-15-11-23(18-8-14-6-7-16(29-14)24(27)28)17(26)21(15)9-12-10-22(20-19-12)13-4-2-1-3-5-13/h1-8,10H,9,11H2/b18-8+. The number of amides is 3. The molecular formula is C17H13N7O5. The second-order valence-electron chi connectivity index (χ2n) is 5.99. The molecule has 0 saturated carbocycles. The van der Waals surface area contributed by atoms with Crippen molar-refractivity contribution >= 4 is 24.0 Å². The number of rotatable bonds is 6. The van der Waals surface area contributed by atoms with E-state index in [9.17, 15) is 19.7 Å². The zero-order valence-electron chi connectivity index (χ0n) is 14.8. The third kappa shape index (κ3) is 3.71. The number of nitrogens with zero attached hydrogens (tertiary/aromatic N) is 7. The molecule has 3 heterocycles. The molecule has 4 rings (SSSR count). The molecule has 0 bridgehead atoms. The lowest BCUT2D eigenvalue weighted by molar-refractivity contribution is -0.402. The van der Waals surface area contributed by atoms with Crippen LogP contribution in [-0.2, 0) is 11.3 Å². The molecule has 1 aliphatic rings. The fraction of sp³-hybridized carbons (Fsp3) is 0.118. The van der Waals surface area contributed by atoms with Crippen molar-refractivity contribution in [2.24, 2.45) is 5.10 Å². The normalized spacial score (nSPS) is 14.3. The molecule has 0 aliphatic carbocycles. The van der Waals surface area contributed by atoms with E-state index >= 15 is 0 Å². The van der Waals surface area contributed by atoms with E-state index in [1.54, 1.807) is 10.9 Å². The number of para-hydroxylation sites is 1. The summed E-state index contributed by atoms with van der Waals surface area (Å²) < 4.78 is 6.47. The van der Waals surface area contributed by atoms with E-state index in [1.165, 1.54) is 12.1 Å². The van der Waals surface area contributed by atoms with Gasteiger partial charge in [-0.05, 0) is 18.2 Å². The van der Waals surface area contributed by atoms with Crippen molar-refractivity contribution in [2.45, 2.75) is 6.54 Å². The van der Waals surface area contributed by atoms with Crippen LogP contribution in [0.15, 0.2) is 58.2 Å². The summed E-state index contributed by atoms with van der Waals surface area (Å²) in [7, 11) is 0. The molecule has 1 fully saturated rings. The first kappa shape index (κ1) is 18.0. The SMILES string of the molecule is O=C1CN(/N=C/c2ccc([N+](=O)[O-])o2)C(=O)N1Cc1cn(-c2ccccc2)nn1. The summed E-state index contributed by atoms with van der Waals surface area (Å²) in [6, 6.07) is 11.1. The second kappa shape index (κ2) is 7.34. The van der Waals surface area contributed by atoms with Crippen molar-refractivity contribution in [2.75, 3.05) is 6.54 Å². The van der Waals surface area contributed by atoms with E-state index < -0.39 is 22.7 Å². The number of imide groups is 1. The van der Waals surface area contributed by atoms with E-state index in [0.29, 0.717) is 5.69 Å². The predicted octanol–water partition coefficient (Wildman–Crippen LogP) is 1.57.